The Morgan fingerprint density at radius 3 is 2.87 bits per heavy atom. The Hall–Kier alpha value is -1.13. The van der Waals surface area contributed by atoms with E-state index < -0.39 is 0 Å². The zero-order chi connectivity index (χ0) is 10.7. The Balaban J connectivity index is 2.15. The monoisotopic (exact) mass is 239 g/mol. The molecule has 1 atom stereocenters. The molecular weight excluding hydrogens is 230 g/mol. The third-order valence-corrected chi connectivity index (χ3v) is 3.01. The maximum Gasteiger partial charge on any atom is 0.202 e. The van der Waals surface area contributed by atoms with Gasteiger partial charge >= 0.3 is 0 Å². The quantitative estimate of drug-likeness (QED) is 0.893. The minimum atomic E-state index is 0.131. The summed E-state index contributed by atoms with van der Waals surface area (Å²) in [4.78, 5) is 4.06. The average Bonchev–Trinajstić information content (AvgIpc) is 2.71. The molecule has 0 amide bonds. The van der Waals surface area contributed by atoms with Gasteiger partial charge in [0.25, 0.3) is 0 Å². The van der Waals surface area contributed by atoms with E-state index in [1.165, 1.54) is 17.9 Å². The van der Waals surface area contributed by atoms with Crippen LogP contribution in [-0.2, 0) is 0 Å². The highest BCUT2D eigenvalue weighted by Gasteiger charge is 2.09. The second kappa shape index (κ2) is 4.59. The van der Waals surface area contributed by atoms with E-state index in [1.807, 2.05) is 31.2 Å². The predicted octanol–water partition coefficient (Wildman–Crippen LogP) is 3.36. The molecule has 0 radical (unpaired) electrons. The molecule has 0 saturated carbocycles. The second-order valence-corrected chi connectivity index (χ2v) is 4.32. The lowest BCUT2D eigenvalue weighted by molar-refractivity contribution is 0.882. The first-order valence-electron chi connectivity index (χ1n) is 4.55. The Morgan fingerprint density at radius 1 is 1.40 bits per heavy atom. The minimum Gasteiger partial charge on any atom is -0.354 e. The van der Waals surface area contributed by atoms with Gasteiger partial charge in [0, 0.05) is 16.6 Å². The van der Waals surface area contributed by atoms with Crippen LogP contribution in [0.25, 0.3) is 0 Å². The molecule has 1 heterocycles. The number of hydrogen-bond acceptors (Lipinski definition) is 4. The van der Waals surface area contributed by atoms with Crippen molar-refractivity contribution in [1.82, 2.24) is 9.36 Å². The standard InChI is InChI=1S/C10H10ClN3S/c1-7(14-10-12-6-13-15-10)8-4-2-3-5-9(8)11/h2-7H,1H3,(H,12,13,14). The van der Waals surface area contributed by atoms with Crippen molar-refractivity contribution < 1.29 is 0 Å². The first kappa shape index (κ1) is 10.4. The number of hydrogen-bond donors (Lipinski definition) is 1. The van der Waals surface area contributed by atoms with Gasteiger partial charge in [0.15, 0.2) is 0 Å². The van der Waals surface area contributed by atoms with Crippen molar-refractivity contribution in [2.75, 3.05) is 5.32 Å². The van der Waals surface area contributed by atoms with Crippen LogP contribution in [0.3, 0.4) is 0 Å². The Labute approximate surface area is 97.3 Å². The molecule has 5 heteroatoms. The van der Waals surface area contributed by atoms with Crippen LogP contribution in [0.15, 0.2) is 30.6 Å². The summed E-state index contributed by atoms with van der Waals surface area (Å²) in [5.41, 5.74) is 1.06. The number of nitrogens with one attached hydrogen (secondary N) is 1. The molecule has 1 N–H and O–H groups in total. The molecule has 2 aromatic rings. The van der Waals surface area contributed by atoms with Gasteiger partial charge in [0.2, 0.25) is 5.13 Å². The van der Waals surface area contributed by atoms with Crippen molar-refractivity contribution in [3.63, 3.8) is 0 Å². The third-order valence-electron chi connectivity index (χ3n) is 2.07. The van der Waals surface area contributed by atoms with Gasteiger partial charge in [-0.25, -0.2) is 4.98 Å². The van der Waals surface area contributed by atoms with E-state index in [2.05, 4.69) is 14.7 Å². The molecule has 3 nitrogen and oxygen atoms in total. The molecule has 2 rings (SSSR count). The fourth-order valence-electron chi connectivity index (χ4n) is 1.33. The Bertz CT molecular complexity index is 430. The van der Waals surface area contributed by atoms with Gasteiger partial charge in [0.1, 0.15) is 6.33 Å². The van der Waals surface area contributed by atoms with Crippen LogP contribution in [0.2, 0.25) is 5.02 Å². The summed E-state index contributed by atoms with van der Waals surface area (Å²) in [6, 6.07) is 7.91. The summed E-state index contributed by atoms with van der Waals surface area (Å²) in [7, 11) is 0. The van der Waals surface area contributed by atoms with E-state index in [1.54, 1.807) is 0 Å². The maximum absolute atomic E-state index is 6.09. The van der Waals surface area contributed by atoms with Crippen LogP contribution >= 0.6 is 23.1 Å². The summed E-state index contributed by atoms with van der Waals surface area (Å²) in [5.74, 6) is 0. The lowest BCUT2D eigenvalue weighted by Gasteiger charge is -2.14. The summed E-state index contributed by atoms with van der Waals surface area (Å²) >= 11 is 7.42. The first-order valence-corrected chi connectivity index (χ1v) is 5.70. The molecular formula is C10H10ClN3S. The van der Waals surface area contributed by atoms with Gasteiger partial charge in [0.05, 0.1) is 6.04 Å². The average molecular weight is 240 g/mol. The van der Waals surface area contributed by atoms with E-state index in [4.69, 9.17) is 11.6 Å². The molecule has 0 saturated heterocycles. The maximum atomic E-state index is 6.09. The Morgan fingerprint density at radius 2 is 2.20 bits per heavy atom. The molecule has 78 valence electrons. The van der Waals surface area contributed by atoms with Crippen LogP contribution < -0.4 is 5.32 Å². The van der Waals surface area contributed by atoms with Gasteiger partial charge < -0.3 is 5.32 Å². The van der Waals surface area contributed by atoms with E-state index in [0.29, 0.717) is 0 Å². The van der Waals surface area contributed by atoms with Gasteiger partial charge in [-0.2, -0.15) is 4.37 Å². The number of benzene rings is 1. The zero-order valence-electron chi connectivity index (χ0n) is 8.14. The van der Waals surface area contributed by atoms with E-state index in [-0.39, 0.29) is 6.04 Å². The van der Waals surface area contributed by atoms with Gasteiger partial charge in [-0.15, -0.1) is 0 Å². The molecule has 0 aliphatic rings. The van der Waals surface area contributed by atoms with Crippen LogP contribution in [0, 0.1) is 0 Å². The van der Waals surface area contributed by atoms with Crippen LogP contribution in [-0.4, -0.2) is 9.36 Å². The van der Waals surface area contributed by atoms with E-state index in [9.17, 15) is 0 Å². The lowest BCUT2D eigenvalue weighted by Crippen LogP contribution is -2.06. The number of nitrogens with zero attached hydrogens (tertiary/aromatic N) is 2. The fraction of sp³-hybridized carbons (Fsp3) is 0.200. The van der Waals surface area contributed by atoms with Gasteiger partial charge in [-0.3, -0.25) is 0 Å². The normalized spacial score (nSPS) is 12.4. The number of anilines is 1. The molecule has 1 aromatic carbocycles. The predicted molar refractivity (Wildman–Crippen MR) is 63.4 cm³/mol. The molecule has 0 aliphatic heterocycles. The summed E-state index contributed by atoms with van der Waals surface area (Å²) < 4.78 is 3.93. The highest BCUT2D eigenvalue weighted by molar-refractivity contribution is 7.09. The minimum absolute atomic E-state index is 0.131. The molecule has 15 heavy (non-hydrogen) atoms. The molecule has 0 aliphatic carbocycles. The van der Waals surface area contributed by atoms with Crippen molar-refractivity contribution in [3.8, 4) is 0 Å². The third kappa shape index (κ3) is 2.46. The van der Waals surface area contributed by atoms with Crippen LogP contribution in [0.1, 0.15) is 18.5 Å². The second-order valence-electron chi connectivity index (χ2n) is 3.13. The molecule has 0 bridgehead atoms. The highest BCUT2D eigenvalue weighted by Crippen LogP contribution is 2.25. The SMILES string of the molecule is CC(Nc1ncns1)c1ccccc1Cl. The number of rotatable bonds is 3. The van der Waals surface area contributed by atoms with Crippen molar-refractivity contribution in [2.24, 2.45) is 0 Å². The summed E-state index contributed by atoms with van der Waals surface area (Å²) in [6.45, 7) is 2.04. The molecule has 1 unspecified atom stereocenters. The lowest BCUT2D eigenvalue weighted by atomic mass is 10.1. The smallest absolute Gasteiger partial charge is 0.202 e. The highest BCUT2D eigenvalue weighted by atomic mass is 35.5. The first-order chi connectivity index (χ1) is 7.27. The largest absolute Gasteiger partial charge is 0.354 e. The van der Waals surface area contributed by atoms with Crippen LogP contribution in [0.5, 0.6) is 0 Å². The zero-order valence-corrected chi connectivity index (χ0v) is 9.72. The molecule has 0 spiro atoms. The number of halogens is 1. The topological polar surface area (TPSA) is 37.8 Å². The van der Waals surface area contributed by atoms with E-state index in [0.717, 1.165) is 15.7 Å². The van der Waals surface area contributed by atoms with Crippen LogP contribution in [0.4, 0.5) is 5.13 Å². The van der Waals surface area contributed by atoms with Crippen molar-refractivity contribution in [2.45, 2.75) is 13.0 Å². The fourth-order valence-corrected chi connectivity index (χ4v) is 2.14. The van der Waals surface area contributed by atoms with Crippen molar-refractivity contribution in [1.29, 1.82) is 0 Å². The van der Waals surface area contributed by atoms with Gasteiger partial charge in [-0.05, 0) is 18.6 Å². The number of aromatic nitrogens is 2. The van der Waals surface area contributed by atoms with Crippen molar-refractivity contribution >= 4 is 28.3 Å². The summed E-state index contributed by atoms with van der Waals surface area (Å²) in [5, 5.41) is 4.81. The Kier molecular flexibility index (Phi) is 3.18. The van der Waals surface area contributed by atoms with Crippen molar-refractivity contribution in [3.05, 3.63) is 41.2 Å². The van der Waals surface area contributed by atoms with E-state index >= 15 is 0 Å². The molecule has 0 fully saturated rings. The van der Waals surface area contributed by atoms with Gasteiger partial charge in [-0.1, -0.05) is 29.8 Å². The molecule has 1 aromatic heterocycles. The summed E-state index contributed by atoms with van der Waals surface area (Å²) in [6.07, 6.45) is 1.53.